The molecular formula is C13H9ClN4O2. The number of non-ortho nitro benzene ring substituents is 1. The molecule has 0 aliphatic heterocycles. The molecule has 0 atom stereocenters. The monoisotopic (exact) mass is 288 g/mol. The number of hydrogen-bond donors (Lipinski definition) is 2. The predicted molar refractivity (Wildman–Crippen MR) is 77.0 cm³/mol. The molecule has 2 aromatic carbocycles. The zero-order valence-electron chi connectivity index (χ0n) is 10.1. The number of halogens is 1. The zero-order chi connectivity index (χ0) is 14.7. The summed E-state index contributed by atoms with van der Waals surface area (Å²) in [4.78, 5) is 10.2. The van der Waals surface area contributed by atoms with Crippen LogP contribution >= 0.6 is 11.6 Å². The molecule has 0 amide bonds. The van der Waals surface area contributed by atoms with E-state index in [0.717, 1.165) is 0 Å². The van der Waals surface area contributed by atoms with Gasteiger partial charge in [0, 0.05) is 23.5 Å². The summed E-state index contributed by atoms with van der Waals surface area (Å²) >= 11 is 6.02. The smallest absolute Gasteiger partial charge is 0.273 e. The molecule has 0 aliphatic rings. The van der Waals surface area contributed by atoms with Crippen molar-refractivity contribution in [2.75, 3.05) is 11.1 Å². The number of benzene rings is 2. The second-order valence-corrected chi connectivity index (χ2v) is 4.41. The lowest BCUT2D eigenvalue weighted by Crippen LogP contribution is -1.96. The molecule has 20 heavy (non-hydrogen) atoms. The maximum absolute atomic E-state index is 10.8. The number of rotatable bonds is 3. The van der Waals surface area contributed by atoms with E-state index in [1.165, 1.54) is 18.2 Å². The normalized spacial score (nSPS) is 9.80. The molecule has 0 aliphatic carbocycles. The fraction of sp³-hybridized carbons (Fsp3) is 0. The van der Waals surface area contributed by atoms with Gasteiger partial charge in [0.15, 0.2) is 0 Å². The highest BCUT2D eigenvalue weighted by atomic mass is 35.5. The predicted octanol–water partition coefficient (Wildman–Crippen LogP) is 3.45. The summed E-state index contributed by atoms with van der Waals surface area (Å²) in [5.41, 5.74) is 7.18. The average Bonchev–Trinajstić information content (AvgIpc) is 2.40. The van der Waals surface area contributed by atoms with Gasteiger partial charge in [0.25, 0.3) is 5.69 Å². The Labute approximate surface area is 119 Å². The number of nitrogens with one attached hydrogen (secondary N) is 1. The fourth-order valence-electron chi connectivity index (χ4n) is 1.65. The lowest BCUT2D eigenvalue weighted by Gasteiger charge is -2.09. The molecule has 0 fully saturated rings. The molecule has 6 nitrogen and oxygen atoms in total. The number of hydrogen-bond acceptors (Lipinski definition) is 5. The van der Waals surface area contributed by atoms with Gasteiger partial charge < -0.3 is 11.1 Å². The molecule has 3 N–H and O–H groups in total. The zero-order valence-corrected chi connectivity index (χ0v) is 10.9. The van der Waals surface area contributed by atoms with E-state index in [4.69, 9.17) is 22.6 Å². The Hall–Kier alpha value is -2.78. The third-order valence-electron chi connectivity index (χ3n) is 2.53. The van der Waals surface area contributed by atoms with Gasteiger partial charge >= 0.3 is 0 Å². The van der Waals surface area contributed by atoms with E-state index in [0.29, 0.717) is 22.0 Å². The Morgan fingerprint density at radius 1 is 1.30 bits per heavy atom. The lowest BCUT2D eigenvalue weighted by atomic mass is 10.2. The first-order valence-corrected chi connectivity index (χ1v) is 5.89. The number of nitrogen functional groups attached to an aromatic ring is 1. The topological polar surface area (TPSA) is 105 Å². The highest BCUT2D eigenvalue weighted by Crippen LogP contribution is 2.29. The van der Waals surface area contributed by atoms with E-state index < -0.39 is 4.92 Å². The molecule has 0 aromatic heterocycles. The van der Waals surface area contributed by atoms with Gasteiger partial charge in [-0.05, 0) is 24.3 Å². The average molecular weight is 289 g/mol. The molecule has 0 radical (unpaired) electrons. The van der Waals surface area contributed by atoms with E-state index >= 15 is 0 Å². The first-order valence-electron chi connectivity index (χ1n) is 5.51. The summed E-state index contributed by atoms with van der Waals surface area (Å²) in [6.45, 7) is 0. The van der Waals surface area contributed by atoms with Gasteiger partial charge in [0.05, 0.1) is 27.3 Å². The van der Waals surface area contributed by atoms with Gasteiger partial charge in [-0.1, -0.05) is 11.6 Å². The van der Waals surface area contributed by atoms with Crippen LogP contribution < -0.4 is 11.1 Å². The van der Waals surface area contributed by atoms with Crippen molar-refractivity contribution in [1.29, 1.82) is 5.26 Å². The van der Waals surface area contributed by atoms with E-state index in [-0.39, 0.29) is 11.4 Å². The van der Waals surface area contributed by atoms with Crippen molar-refractivity contribution in [2.45, 2.75) is 0 Å². The Morgan fingerprint density at radius 3 is 2.65 bits per heavy atom. The minimum absolute atomic E-state index is 0.114. The minimum atomic E-state index is -0.526. The van der Waals surface area contributed by atoms with Crippen LogP contribution in [0.4, 0.5) is 22.7 Å². The summed E-state index contributed by atoms with van der Waals surface area (Å²) in [5, 5.41) is 22.8. The van der Waals surface area contributed by atoms with Gasteiger partial charge in [0.1, 0.15) is 0 Å². The Balaban J connectivity index is 2.35. The number of nitrogens with two attached hydrogens (primary N) is 1. The van der Waals surface area contributed by atoms with Crippen LogP contribution in [0, 0.1) is 21.4 Å². The van der Waals surface area contributed by atoms with Gasteiger partial charge in [-0.15, -0.1) is 0 Å². The summed E-state index contributed by atoms with van der Waals surface area (Å²) in [5.74, 6) is 0. The Bertz CT molecular complexity index is 725. The molecule has 7 heteroatoms. The largest absolute Gasteiger partial charge is 0.398 e. The molecule has 0 unspecified atom stereocenters. The van der Waals surface area contributed by atoms with Gasteiger partial charge in [-0.25, -0.2) is 0 Å². The van der Waals surface area contributed by atoms with Crippen LogP contribution in [0.5, 0.6) is 0 Å². The number of nitro benzene ring substituents is 1. The van der Waals surface area contributed by atoms with Crippen LogP contribution in [0.25, 0.3) is 0 Å². The second kappa shape index (κ2) is 5.47. The summed E-state index contributed by atoms with van der Waals surface area (Å²) < 4.78 is 0. The van der Waals surface area contributed by atoms with Gasteiger partial charge in [-0.2, -0.15) is 5.26 Å². The standard InChI is InChI=1S/C13H9ClN4O2/c14-12-3-8(7-15)1-2-13(12)17-10-4-9(16)5-11(6-10)18(19)20/h1-6,17H,16H2. The van der Waals surface area contributed by atoms with Crippen molar-refractivity contribution in [2.24, 2.45) is 0 Å². The quantitative estimate of drug-likeness (QED) is 0.511. The van der Waals surface area contributed by atoms with E-state index in [1.807, 2.05) is 6.07 Å². The maximum atomic E-state index is 10.8. The molecule has 0 heterocycles. The van der Waals surface area contributed by atoms with E-state index in [1.54, 1.807) is 18.2 Å². The van der Waals surface area contributed by atoms with E-state index in [2.05, 4.69) is 5.32 Å². The van der Waals surface area contributed by atoms with Crippen molar-refractivity contribution < 1.29 is 4.92 Å². The molecule has 100 valence electrons. The molecule has 2 aromatic rings. The first-order chi connectivity index (χ1) is 9.49. The van der Waals surface area contributed by atoms with Crippen molar-refractivity contribution in [3.05, 3.63) is 57.1 Å². The van der Waals surface area contributed by atoms with Crippen LogP contribution in [0.1, 0.15) is 5.56 Å². The summed E-state index contributed by atoms with van der Waals surface area (Å²) in [7, 11) is 0. The molecule has 0 saturated heterocycles. The van der Waals surface area contributed by atoms with Crippen molar-refractivity contribution >= 4 is 34.4 Å². The number of nitrogens with zero attached hydrogens (tertiary/aromatic N) is 2. The fourth-order valence-corrected chi connectivity index (χ4v) is 1.88. The third kappa shape index (κ3) is 2.96. The van der Waals surface area contributed by atoms with Crippen molar-refractivity contribution in [1.82, 2.24) is 0 Å². The van der Waals surface area contributed by atoms with Crippen LogP contribution in [0.3, 0.4) is 0 Å². The van der Waals surface area contributed by atoms with Crippen molar-refractivity contribution in [3.8, 4) is 6.07 Å². The molecule has 2 rings (SSSR count). The van der Waals surface area contributed by atoms with Crippen LogP contribution in [-0.4, -0.2) is 4.92 Å². The summed E-state index contributed by atoms with van der Waals surface area (Å²) in [6.07, 6.45) is 0. The third-order valence-corrected chi connectivity index (χ3v) is 2.84. The first kappa shape index (κ1) is 13.6. The van der Waals surface area contributed by atoms with E-state index in [9.17, 15) is 10.1 Å². The van der Waals surface area contributed by atoms with Gasteiger partial charge in [0.2, 0.25) is 0 Å². The summed E-state index contributed by atoms with van der Waals surface area (Å²) in [6, 6.07) is 10.9. The second-order valence-electron chi connectivity index (χ2n) is 4.00. The minimum Gasteiger partial charge on any atom is -0.398 e. The Kier molecular flexibility index (Phi) is 3.73. The maximum Gasteiger partial charge on any atom is 0.273 e. The Morgan fingerprint density at radius 2 is 2.05 bits per heavy atom. The number of anilines is 3. The number of nitriles is 1. The highest BCUT2D eigenvalue weighted by Gasteiger charge is 2.10. The van der Waals surface area contributed by atoms with Crippen LogP contribution in [0.15, 0.2) is 36.4 Å². The molecule has 0 bridgehead atoms. The lowest BCUT2D eigenvalue weighted by molar-refractivity contribution is -0.384. The SMILES string of the molecule is N#Cc1ccc(Nc2cc(N)cc([N+](=O)[O-])c2)c(Cl)c1. The molecule has 0 saturated carbocycles. The highest BCUT2D eigenvalue weighted by molar-refractivity contribution is 6.33. The molecule has 0 spiro atoms. The van der Waals surface area contributed by atoms with Crippen LogP contribution in [0.2, 0.25) is 5.02 Å². The van der Waals surface area contributed by atoms with Gasteiger partial charge in [-0.3, -0.25) is 10.1 Å². The molecular weight excluding hydrogens is 280 g/mol. The number of nitro groups is 1. The van der Waals surface area contributed by atoms with Crippen molar-refractivity contribution in [3.63, 3.8) is 0 Å². The van der Waals surface area contributed by atoms with Crippen LogP contribution in [-0.2, 0) is 0 Å².